The van der Waals surface area contributed by atoms with Crippen molar-refractivity contribution < 1.29 is 19.3 Å². The highest BCUT2D eigenvalue weighted by molar-refractivity contribution is 5.76. The molecule has 0 radical (unpaired) electrons. The van der Waals surface area contributed by atoms with Crippen LogP contribution in [-0.4, -0.2) is 43.7 Å². The lowest BCUT2D eigenvalue weighted by atomic mass is 10.1. The van der Waals surface area contributed by atoms with E-state index in [2.05, 4.69) is 48.5 Å². The molecule has 0 bridgehead atoms. The van der Waals surface area contributed by atoms with Crippen LogP contribution in [0.15, 0.2) is 66.7 Å². The summed E-state index contributed by atoms with van der Waals surface area (Å²) in [5.41, 5.74) is 7.86. The van der Waals surface area contributed by atoms with Crippen molar-refractivity contribution in [3.63, 3.8) is 0 Å². The monoisotopic (exact) mass is 418 g/mol. The number of hydrogen-bond donors (Lipinski definition) is 1. The van der Waals surface area contributed by atoms with Crippen molar-refractivity contribution in [2.45, 2.75) is 32.5 Å². The van der Waals surface area contributed by atoms with Gasteiger partial charge < -0.3 is 19.3 Å². The van der Waals surface area contributed by atoms with Gasteiger partial charge in [-0.3, -0.25) is 0 Å². The maximum atomic E-state index is 9.10. The number of ether oxygens (including phenoxy) is 3. The second-order valence-electron chi connectivity index (χ2n) is 8.16. The molecule has 3 aliphatic rings. The van der Waals surface area contributed by atoms with E-state index in [0.29, 0.717) is 18.0 Å². The van der Waals surface area contributed by atoms with Crippen LogP contribution in [0.25, 0.3) is 11.1 Å². The predicted octanol–water partition coefficient (Wildman–Crippen LogP) is 5.07. The number of phenols is 1. The second kappa shape index (κ2) is 10.1. The molecule has 2 heterocycles. The third-order valence-electron chi connectivity index (χ3n) is 5.69. The Morgan fingerprint density at radius 1 is 0.774 bits per heavy atom. The first kappa shape index (κ1) is 21.6. The van der Waals surface area contributed by atoms with Gasteiger partial charge in [-0.05, 0) is 59.7 Å². The Labute approximate surface area is 184 Å². The number of rotatable bonds is 4. The Morgan fingerprint density at radius 2 is 1.29 bits per heavy atom. The molecule has 0 amide bonds. The van der Waals surface area contributed by atoms with E-state index in [1.807, 2.05) is 26.0 Å². The van der Waals surface area contributed by atoms with Gasteiger partial charge in [-0.2, -0.15) is 0 Å². The maximum absolute atomic E-state index is 9.10. The molecule has 2 saturated heterocycles. The van der Waals surface area contributed by atoms with Gasteiger partial charge in [0.2, 0.25) is 0 Å². The van der Waals surface area contributed by atoms with Gasteiger partial charge in [-0.15, -0.1) is 0 Å². The molecule has 2 unspecified atom stereocenters. The van der Waals surface area contributed by atoms with Gasteiger partial charge in [0.15, 0.2) is 0 Å². The minimum absolute atomic E-state index is 0.384. The predicted molar refractivity (Wildman–Crippen MR) is 123 cm³/mol. The van der Waals surface area contributed by atoms with Crippen LogP contribution in [0.2, 0.25) is 0 Å². The summed E-state index contributed by atoms with van der Waals surface area (Å²) in [5.74, 6) is 0.384. The molecule has 2 fully saturated rings. The third-order valence-corrected chi connectivity index (χ3v) is 5.69. The number of fused-ring (bicyclic) bond motifs is 3. The maximum Gasteiger partial charge on any atom is 0.118 e. The zero-order chi connectivity index (χ0) is 21.6. The molecule has 2 aliphatic heterocycles. The van der Waals surface area contributed by atoms with Crippen molar-refractivity contribution >= 4 is 0 Å². The Kier molecular flexibility index (Phi) is 7.03. The van der Waals surface area contributed by atoms with Crippen LogP contribution in [0.4, 0.5) is 0 Å². The van der Waals surface area contributed by atoms with E-state index in [9.17, 15) is 0 Å². The molecule has 4 nitrogen and oxygen atoms in total. The first-order valence-electron chi connectivity index (χ1n) is 10.8. The zero-order valence-corrected chi connectivity index (χ0v) is 18.2. The van der Waals surface area contributed by atoms with Gasteiger partial charge in [0.1, 0.15) is 18.0 Å². The van der Waals surface area contributed by atoms with Gasteiger partial charge in [0, 0.05) is 0 Å². The lowest BCUT2D eigenvalue weighted by Crippen LogP contribution is -2.06. The Balaban J connectivity index is 0.000000115. The van der Waals surface area contributed by atoms with E-state index in [-0.39, 0.29) is 0 Å². The normalized spacial score (nSPS) is 19.2. The summed E-state index contributed by atoms with van der Waals surface area (Å²) < 4.78 is 15.1. The van der Waals surface area contributed by atoms with Gasteiger partial charge >= 0.3 is 0 Å². The van der Waals surface area contributed by atoms with Crippen LogP contribution in [0.3, 0.4) is 0 Å². The van der Waals surface area contributed by atoms with E-state index in [1.54, 1.807) is 6.07 Å². The average Bonchev–Trinajstić information content (AvgIpc) is 3.72. The summed E-state index contributed by atoms with van der Waals surface area (Å²) in [5, 5.41) is 9.10. The van der Waals surface area contributed by atoms with Crippen molar-refractivity contribution in [2.75, 3.05) is 26.4 Å². The SMILES string of the molecule is C(OCC1CO1)C1CO1.Cc1cccc(O)c1C.c1ccc2c(c1)Cc1ccccc1-2. The van der Waals surface area contributed by atoms with E-state index >= 15 is 0 Å². The summed E-state index contributed by atoms with van der Waals surface area (Å²) in [6.07, 6.45) is 1.89. The average molecular weight is 419 g/mol. The Bertz CT molecular complexity index is 930. The second-order valence-corrected chi connectivity index (χ2v) is 8.16. The fourth-order valence-electron chi connectivity index (χ4n) is 3.47. The van der Waals surface area contributed by atoms with Crippen molar-refractivity contribution in [2.24, 2.45) is 0 Å². The highest BCUT2D eigenvalue weighted by Crippen LogP contribution is 2.35. The summed E-state index contributed by atoms with van der Waals surface area (Å²) >= 11 is 0. The van der Waals surface area contributed by atoms with Crippen molar-refractivity contribution in [1.29, 1.82) is 0 Å². The fourth-order valence-corrected chi connectivity index (χ4v) is 3.47. The Hall–Kier alpha value is -2.66. The molecular weight excluding hydrogens is 388 g/mol. The number of aromatic hydroxyl groups is 1. The molecule has 6 rings (SSSR count). The number of benzene rings is 3. The van der Waals surface area contributed by atoms with Crippen LogP contribution >= 0.6 is 0 Å². The molecule has 0 saturated carbocycles. The molecule has 0 spiro atoms. The summed E-state index contributed by atoms with van der Waals surface area (Å²) in [7, 11) is 0. The molecule has 1 N–H and O–H groups in total. The van der Waals surface area contributed by atoms with E-state index < -0.39 is 0 Å². The largest absolute Gasteiger partial charge is 0.508 e. The number of epoxide rings is 2. The standard InChI is InChI=1S/C13H10.C8H10O.C6H10O3/c1-3-7-12-10(5-1)9-11-6-2-4-8-13(11)12;1-6-4-3-5-8(9)7(6)2;1(5-3-8-5)7-2-6-4-9-6/h1-8H,9H2;3-5,9H,1-2H3;5-6H,1-4H2. The Morgan fingerprint density at radius 3 is 1.74 bits per heavy atom. The van der Waals surface area contributed by atoms with Gasteiger partial charge in [-0.25, -0.2) is 0 Å². The minimum Gasteiger partial charge on any atom is -0.508 e. The molecule has 4 heteroatoms. The van der Waals surface area contributed by atoms with Crippen molar-refractivity contribution in [3.05, 3.63) is 89.0 Å². The number of aryl methyl sites for hydroxylation is 1. The summed E-state index contributed by atoms with van der Waals surface area (Å²) in [6, 6.07) is 22.8. The molecule has 162 valence electrons. The molecule has 31 heavy (non-hydrogen) atoms. The van der Waals surface area contributed by atoms with Crippen LogP contribution < -0.4 is 0 Å². The van der Waals surface area contributed by atoms with E-state index in [4.69, 9.17) is 19.3 Å². The highest BCUT2D eigenvalue weighted by Gasteiger charge is 2.26. The van der Waals surface area contributed by atoms with Gasteiger partial charge in [-0.1, -0.05) is 60.7 Å². The molecule has 3 aromatic carbocycles. The first-order chi connectivity index (χ1) is 15.1. The van der Waals surface area contributed by atoms with Gasteiger partial charge in [0.25, 0.3) is 0 Å². The third kappa shape index (κ3) is 6.17. The van der Waals surface area contributed by atoms with E-state index in [0.717, 1.165) is 44.0 Å². The lowest BCUT2D eigenvalue weighted by Gasteiger charge is -1.99. The van der Waals surface area contributed by atoms with Crippen molar-refractivity contribution in [3.8, 4) is 16.9 Å². The van der Waals surface area contributed by atoms with Gasteiger partial charge in [0.05, 0.1) is 26.4 Å². The summed E-state index contributed by atoms with van der Waals surface area (Å²) in [4.78, 5) is 0. The summed E-state index contributed by atoms with van der Waals surface area (Å²) in [6.45, 7) is 7.15. The molecular formula is C27H30O4. The van der Waals surface area contributed by atoms with E-state index in [1.165, 1.54) is 22.3 Å². The lowest BCUT2D eigenvalue weighted by molar-refractivity contribution is 0.102. The van der Waals surface area contributed by atoms with Crippen LogP contribution in [0, 0.1) is 13.8 Å². The number of hydrogen-bond acceptors (Lipinski definition) is 4. The van der Waals surface area contributed by atoms with Crippen LogP contribution in [0.5, 0.6) is 5.75 Å². The minimum atomic E-state index is 0.384. The van der Waals surface area contributed by atoms with Crippen LogP contribution in [-0.2, 0) is 20.6 Å². The van der Waals surface area contributed by atoms with Crippen molar-refractivity contribution in [1.82, 2.24) is 0 Å². The molecule has 2 atom stereocenters. The smallest absolute Gasteiger partial charge is 0.118 e. The first-order valence-corrected chi connectivity index (χ1v) is 10.8. The molecule has 1 aliphatic carbocycles. The van der Waals surface area contributed by atoms with Crippen LogP contribution in [0.1, 0.15) is 22.3 Å². The fraction of sp³-hybridized carbons (Fsp3) is 0.333. The topological polar surface area (TPSA) is 54.5 Å². The highest BCUT2D eigenvalue weighted by atomic mass is 16.6. The number of phenolic OH excluding ortho intramolecular Hbond substituents is 1. The molecule has 3 aromatic rings. The zero-order valence-electron chi connectivity index (χ0n) is 18.2. The molecule has 0 aromatic heterocycles. The quantitative estimate of drug-likeness (QED) is 0.470.